The van der Waals surface area contributed by atoms with E-state index in [0.717, 1.165) is 18.7 Å². The fraction of sp³-hybridized carbons (Fsp3) is 0.417. The summed E-state index contributed by atoms with van der Waals surface area (Å²) in [7, 11) is 0. The van der Waals surface area contributed by atoms with Crippen LogP contribution in [0.15, 0.2) is 29.9 Å². The molecule has 0 aliphatic rings. The lowest BCUT2D eigenvalue weighted by Crippen LogP contribution is -2.27. The number of nitrogens with zero attached hydrogens (tertiary/aromatic N) is 2. The number of nitrogens with one attached hydrogen (secondary N) is 1. The van der Waals surface area contributed by atoms with Gasteiger partial charge in [-0.1, -0.05) is 6.07 Å². The molecule has 92 valence electrons. The zero-order chi connectivity index (χ0) is 12.1. The predicted molar refractivity (Wildman–Crippen MR) is 70.9 cm³/mol. The first-order chi connectivity index (χ1) is 8.33. The van der Waals surface area contributed by atoms with Crippen LogP contribution in [0.3, 0.4) is 0 Å². The molecule has 0 saturated carbocycles. The highest BCUT2D eigenvalue weighted by Gasteiger charge is 2.11. The van der Waals surface area contributed by atoms with Crippen LogP contribution in [0.4, 0.5) is 0 Å². The van der Waals surface area contributed by atoms with E-state index in [4.69, 9.17) is 5.73 Å². The minimum atomic E-state index is 0.178. The highest BCUT2D eigenvalue weighted by Crippen LogP contribution is 2.13. The van der Waals surface area contributed by atoms with Crippen molar-refractivity contribution in [2.45, 2.75) is 26.1 Å². The van der Waals surface area contributed by atoms with E-state index in [9.17, 15) is 0 Å². The average molecular weight is 250 g/mol. The van der Waals surface area contributed by atoms with Gasteiger partial charge < -0.3 is 11.1 Å². The molecule has 0 aliphatic heterocycles. The van der Waals surface area contributed by atoms with E-state index in [1.54, 1.807) is 11.3 Å². The van der Waals surface area contributed by atoms with E-state index in [0.29, 0.717) is 6.54 Å². The molecule has 1 unspecified atom stereocenters. The zero-order valence-electron chi connectivity index (χ0n) is 9.97. The van der Waals surface area contributed by atoms with Crippen molar-refractivity contribution < 1.29 is 0 Å². The van der Waals surface area contributed by atoms with E-state index in [1.165, 1.54) is 4.88 Å². The summed E-state index contributed by atoms with van der Waals surface area (Å²) in [5, 5.41) is 9.82. The summed E-state index contributed by atoms with van der Waals surface area (Å²) < 4.78 is 1.92. The van der Waals surface area contributed by atoms with Crippen molar-refractivity contribution in [3.05, 3.63) is 40.3 Å². The van der Waals surface area contributed by atoms with Crippen LogP contribution in [0.5, 0.6) is 0 Å². The monoisotopic (exact) mass is 250 g/mol. The van der Waals surface area contributed by atoms with Crippen LogP contribution in [-0.2, 0) is 13.1 Å². The molecular formula is C12H18N4S. The molecule has 2 aromatic heterocycles. The van der Waals surface area contributed by atoms with Crippen LogP contribution < -0.4 is 11.1 Å². The fourth-order valence-corrected chi connectivity index (χ4v) is 2.36. The Morgan fingerprint density at radius 3 is 3.06 bits per heavy atom. The van der Waals surface area contributed by atoms with Crippen molar-refractivity contribution in [1.82, 2.24) is 15.1 Å². The first kappa shape index (κ1) is 12.3. The van der Waals surface area contributed by atoms with Gasteiger partial charge in [0.1, 0.15) is 0 Å². The molecule has 0 fully saturated rings. The maximum atomic E-state index is 5.80. The van der Waals surface area contributed by atoms with Gasteiger partial charge in [0.25, 0.3) is 0 Å². The van der Waals surface area contributed by atoms with Crippen LogP contribution in [0.2, 0.25) is 0 Å². The van der Waals surface area contributed by atoms with Gasteiger partial charge in [0, 0.05) is 42.3 Å². The summed E-state index contributed by atoms with van der Waals surface area (Å²) in [5.41, 5.74) is 6.96. The molecule has 17 heavy (non-hydrogen) atoms. The molecule has 1 atom stereocenters. The Hall–Kier alpha value is -1.17. The number of aryl methyl sites for hydroxylation is 1. The van der Waals surface area contributed by atoms with Gasteiger partial charge in [-0.15, -0.1) is 11.3 Å². The molecule has 0 saturated heterocycles. The highest BCUT2D eigenvalue weighted by molar-refractivity contribution is 7.09. The van der Waals surface area contributed by atoms with Crippen molar-refractivity contribution in [2.75, 3.05) is 6.54 Å². The fourth-order valence-electron chi connectivity index (χ4n) is 1.71. The Bertz CT molecular complexity index is 435. The SMILES string of the molecule is CCn1cc(C(CN)NCc2cccs2)cn1. The molecule has 0 bridgehead atoms. The summed E-state index contributed by atoms with van der Waals surface area (Å²) in [4.78, 5) is 1.33. The summed E-state index contributed by atoms with van der Waals surface area (Å²) in [6, 6.07) is 4.37. The van der Waals surface area contributed by atoms with E-state index >= 15 is 0 Å². The van der Waals surface area contributed by atoms with E-state index in [1.807, 2.05) is 10.9 Å². The molecule has 0 aromatic carbocycles. The molecule has 2 aromatic rings. The molecule has 0 aliphatic carbocycles. The predicted octanol–water partition coefficient (Wildman–Crippen LogP) is 1.75. The summed E-state index contributed by atoms with van der Waals surface area (Å²) >= 11 is 1.76. The van der Waals surface area contributed by atoms with Crippen molar-refractivity contribution in [1.29, 1.82) is 0 Å². The molecule has 0 spiro atoms. The third-order valence-corrected chi connectivity index (χ3v) is 3.59. The molecule has 5 heteroatoms. The second kappa shape index (κ2) is 5.95. The number of thiophene rings is 1. The molecular weight excluding hydrogens is 232 g/mol. The highest BCUT2D eigenvalue weighted by atomic mass is 32.1. The van der Waals surface area contributed by atoms with E-state index in [-0.39, 0.29) is 6.04 Å². The Balaban J connectivity index is 1.96. The quantitative estimate of drug-likeness (QED) is 0.821. The van der Waals surface area contributed by atoms with Gasteiger partial charge in [-0.05, 0) is 18.4 Å². The van der Waals surface area contributed by atoms with Crippen molar-refractivity contribution >= 4 is 11.3 Å². The lowest BCUT2D eigenvalue weighted by molar-refractivity contribution is 0.544. The molecule has 0 amide bonds. The van der Waals surface area contributed by atoms with Crippen molar-refractivity contribution in [2.24, 2.45) is 5.73 Å². The topological polar surface area (TPSA) is 55.9 Å². The van der Waals surface area contributed by atoms with Crippen LogP contribution in [0.1, 0.15) is 23.4 Å². The number of aromatic nitrogens is 2. The molecule has 2 heterocycles. The second-order valence-corrected chi connectivity index (χ2v) is 4.91. The van der Waals surface area contributed by atoms with Crippen LogP contribution in [0, 0.1) is 0 Å². The molecule has 2 rings (SSSR count). The first-order valence-electron chi connectivity index (χ1n) is 5.81. The van der Waals surface area contributed by atoms with Crippen LogP contribution in [0.25, 0.3) is 0 Å². The molecule has 4 nitrogen and oxygen atoms in total. The Morgan fingerprint density at radius 2 is 2.47 bits per heavy atom. The van der Waals surface area contributed by atoms with Crippen molar-refractivity contribution in [3.8, 4) is 0 Å². The summed E-state index contributed by atoms with van der Waals surface area (Å²) in [6.45, 7) is 4.41. The maximum absolute atomic E-state index is 5.80. The Labute approximate surface area is 105 Å². The Kier molecular flexibility index (Phi) is 4.30. The average Bonchev–Trinajstić information content (AvgIpc) is 3.00. The first-order valence-corrected chi connectivity index (χ1v) is 6.69. The van der Waals surface area contributed by atoms with Crippen LogP contribution >= 0.6 is 11.3 Å². The summed E-state index contributed by atoms with van der Waals surface area (Å²) in [6.07, 6.45) is 3.95. The molecule has 3 N–H and O–H groups in total. The third-order valence-electron chi connectivity index (χ3n) is 2.72. The second-order valence-electron chi connectivity index (χ2n) is 3.88. The number of hydrogen-bond acceptors (Lipinski definition) is 4. The zero-order valence-corrected chi connectivity index (χ0v) is 10.8. The van der Waals surface area contributed by atoms with Gasteiger partial charge in [-0.3, -0.25) is 4.68 Å². The largest absolute Gasteiger partial charge is 0.329 e. The lowest BCUT2D eigenvalue weighted by Gasteiger charge is -2.14. The van der Waals surface area contributed by atoms with Gasteiger partial charge >= 0.3 is 0 Å². The number of rotatable bonds is 6. The van der Waals surface area contributed by atoms with Gasteiger partial charge in [0.15, 0.2) is 0 Å². The number of hydrogen-bond donors (Lipinski definition) is 2. The number of nitrogens with two attached hydrogens (primary N) is 1. The molecule has 0 radical (unpaired) electrons. The lowest BCUT2D eigenvalue weighted by atomic mass is 10.1. The Morgan fingerprint density at radius 1 is 1.59 bits per heavy atom. The van der Waals surface area contributed by atoms with Crippen molar-refractivity contribution in [3.63, 3.8) is 0 Å². The van der Waals surface area contributed by atoms with E-state index < -0.39 is 0 Å². The van der Waals surface area contributed by atoms with Gasteiger partial charge in [0.2, 0.25) is 0 Å². The van der Waals surface area contributed by atoms with Gasteiger partial charge in [-0.25, -0.2) is 0 Å². The normalized spacial score (nSPS) is 12.8. The van der Waals surface area contributed by atoms with Gasteiger partial charge in [-0.2, -0.15) is 5.10 Å². The minimum absolute atomic E-state index is 0.178. The standard InChI is InChI=1S/C12H18N4S/c1-2-16-9-10(7-15-16)12(6-13)14-8-11-4-3-5-17-11/h3-5,7,9,12,14H,2,6,8,13H2,1H3. The smallest absolute Gasteiger partial charge is 0.0538 e. The summed E-state index contributed by atoms with van der Waals surface area (Å²) in [5.74, 6) is 0. The third kappa shape index (κ3) is 3.15. The van der Waals surface area contributed by atoms with Crippen LogP contribution in [-0.4, -0.2) is 16.3 Å². The maximum Gasteiger partial charge on any atom is 0.0538 e. The van der Waals surface area contributed by atoms with Gasteiger partial charge in [0.05, 0.1) is 6.20 Å². The van der Waals surface area contributed by atoms with E-state index in [2.05, 4.69) is 41.0 Å². The minimum Gasteiger partial charge on any atom is -0.329 e.